The van der Waals surface area contributed by atoms with Crippen molar-refractivity contribution in [3.8, 4) is 11.5 Å². The van der Waals surface area contributed by atoms with Crippen LogP contribution in [0.2, 0.25) is 0 Å². The van der Waals surface area contributed by atoms with Crippen molar-refractivity contribution in [2.75, 3.05) is 6.79 Å². The molecule has 0 saturated heterocycles. The molecule has 0 bridgehead atoms. The second-order valence-electron chi connectivity index (χ2n) is 7.69. The van der Waals surface area contributed by atoms with Crippen molar-refractivity contribution in [3.05, 3.63) is 95.1 Å². The minimum atomic E-state index is -0.674. The molecule has 0 spiro atoms. The number of hydrogen-bond acceptors (Lipinski definition) is 4. The molecule has 0 aliphatic carbocycles. The molecule has 2 aliphatic heterocycles. The van der Waals surface area contributed by atoms with Gasteiger partial charge in [0.1, 0.15) is 6.04 Å². The fraction of sp³-hybridized carbons (Fsp3) is 0.200. The lowest BCUT2D eigenvalue weighted by molar-refractivity contribution is -0.142. The molecule has 2 heterocycles. The van der Waals surface area contributed by atoms with Gasteiger partial charge in [-0.3, -0.25) is 9.59 Å². The Morgan fingerprint density at radius 1 is 0.935 bits per heavy atom. The molecule has 0 aromatic heterocycles. The van der Waals surface area contributed by atoms with Crippen molar-refractivity contribution in [2.24, 2.45) is 0 Å². The van der Waals surface area contributed by atoms with Crippen molar-refractivity contribution in [1.29, 1.82) is 0 Å². The number of hydrogen-bond donors (Lipinski definition) is 1. The van der Waals surface area contributed by atoms with Gasteiger partial charge in [0.25, 0.3) is 0 Å². The predicted octanol–water partition coefficient (Wildman–Crippen LogP) is 3.36. The number of nitrogens with zero attached hydrogens (tertiary/aromatic N) is 1. The minimum Gasteiger partial charge on any atom is -0.454 e. The van der Waals surface area contributed by atoms with E-state index in [9.17, 15) is 9.59 Å². The fourth-order valence-electron chi connectivity index (χ4n) is 4.12. The molecule has 3 aromatic rings. The number of nitrogens with one attached hydrogen (secondary N) is 1. The van der Waals surface area contributed by atoms with Gasteiger partial charge in [-0.15, -0.1) is 0 Å². The third-order valence-electron chi connectivity index (χ3n) is 5.67. The maximum Gasteiger partial charge on any atom is 0.247 e. The summed E-state index contributed by atoms with van der Waals surface area (Å²) in [7, 11) is 0. The summed E-state index contributed by atoms with van der Waals surface area (Å²) in [6.07, 6.45) is 0.301. The highest BCUT2D eigenvalue weighted by atomic mass is 16.7. The lowest BCUT2D eigenvalue weighted by Crippen LogP contribution is -2.46. The average Bonchev–Trinajstić information content (AvgIpc) is 3.26. The molecule has 1 N–H and O–H groups in total. The number of benzene rings is 3. The fourth-order valence-corrected chi connectivity index (χ4v) is 4.12. The number of carbonyl (C=O) groups is 2. The first-order valence-corrected chi connectivity index (χ1v) is 10.3. The van der Waals surface area contributed by atoms with E-state index in [1.807, 2.05) is 72.8 Å². The molecule has 3 aromatic carbocycles. The Hall–Kier alpha value is -3.80. The van der Waals surface area contributed by atoms with Crippen molar-refractivity contribution < 1.29 is 19.1 Å². The third kappa shape index (κ3) is 3.84. The highest BCUT2D eigenvalue weighted by molar-refractivity contribution is 5.92. The molecule has 2 amide bonds. The van der Waals surface area contributed by atoms with Gasteiger partial charge in [-0.05, 0) is 34.4 Å². The summed E-state index contributed by atoms with van der Waals surface area (Å²) < 4.78 is 10.8. The van der Waals surface area contributed by atoms with Crippen LogP contribution in [0.4, 0.5) is 0 Å². The molecule has 156 valence electrons. The summed E-state index contributed by atoms with van der Waals surface area (Å²) in [4.78, 5) is 28.0. The maximum atomic E-state index is 13.4. The van der Waals surface area contributed by atoms with Crippen LogP contribution in [0.1, 0.15) is 28.3 Å². The Morgan fingerprint density at radius 2 is 1.71 bits per heavy atom. The lowest BCUT2D eigenvalue weighted by Gasteiger charge is -2.36. The van der Waals surface area contributed by atoms with Gasteiger partial charge in [0.05, 0.1) is 6.42 Å². The van der Waals surface area contributed by atoms with Crippen LogP contribution in [0.15, 0.2) is 72.8 Å². The summed E-state index contributed by atoms with van der Waals surface area (Å²) in [6.45, 7) is 0.929. The number of ether oxygens (including phenoxy) is 2. The smallest absolute Gasteiger partial charge is 0.247 e. The van der Waals surface area contributed by atoms with Crippen molar-refractivity contribution >= 4 is 11.8 Å². The lowest BCUT2D eigenvalue weighted by atomic mass is 9.91. The predicted molar refractivity (Wildman–Crippen MR) is 114 cm³/mol. The zero-order chi connectivity index (χ0) is 21.2. The number of fused-ring (bicyclic) bond motifs is 2. The molecule has 6 nitrogen and oxygen atoms in total. The monoisotopic (exact) mass is 414 g/mol. The first-order valence-electron chi connectivity index (χ1n) is 10.3. The molecule has 31 heavy (non-hydrogen) atoms. The van der Waals surface area contributed by atoms with Gasteiger partial charge in [0.15, 0.2) is 11.5 Å². The minimum absolute atomic E-state index is 0.0502. The summed E-state index contributed by atoms with van der Waals surface area (Å²) in [5.74, 6) is 1.13. The number of carbonyl (C=O) groups excluding carboxylic acids is 2. The molecular formula is C25H22N2O4. The SMILES string of the molecule is O=C(NCc1ccc2c(c1)OCO2)C1c2ccccc2CC(=O)N1Cc1ccccc1. The first kappa shape index (κ1) is 19.2. The molecule has 5 rings (SSSR count). The van der Waals surface area contributed by atoms with Crippen molar-refractivity contribution in [2.45, 2.75) is 25.6 Å². The summed E-state index contributed by atoms with van der Waals surface area (Å²) in [5.41, 5.74) is 3.67. The highest BCUT2D eigenvalue weighted by Crippen LogP contribution is 2.34. The van der Waals surface area contributed by atoms with Crippen LogP contribution >= 0.6 is 0 Å². The maximum absolute atomic E-state index is 13.4. The third-order valence-corrected chi connectivity index (χ3v) is 5.67. The number of amides is 2. The molecule has 0 fully saturated rings. The Labute approximate surface area is 180 Å². The van der Waals surface area contributed by atoms with Gasteiger partial charge in [0, 0.05) is 13.1 Å². The van der Waals surface area contributed by atoms with E-state index in [0.29, 0.717) is 31.0 Å². The Balaban J connectivity index is 1.40. The van der Waals surface area contributed by atoms with Crippen LogP contribution in [0.5, 0.6) is 11.5 Å². The molecule has 1 atom stereocenters. The standard InChI is InChI=1S/C25H22N2O4/c28-23-13-19-8-4-5-9-20(19)24(27(23)15-17-6-2-1-3-7-17)25(29)26-14-18-10-11-21-22(12-18)31-16-30-21/h1-12,24H,13-16H2,(H,26,29). The summed E-state index contributed by atoms with van der Waals surface area (Å²) in [6, 6.07) is 22.3. The molecular weight excluding hydrogens is 392 g/mol. The van der Waals surface area contributed by atoms with Gasteiger partial charge in [-0.2, -0.15) is 0 Å². The average molecular weight is 414 g/mol. The Kier molecular flexibility index (Phi) is 5.04. The van der Waals surface area contributed by atoms with Gasteiger partial charge in [0.2, 0.25) is 18.6 Å². The quantitative estimate of drug-likeness (QED) is 0.695. The second-order valence-corrected chi connectivity index (χ2v) is 7.69. The number of rotatable bonds is 5. The Bertz CT molecular complexity index is 1130. The van der Waals surface area contributed by atoms with Gasteiger partial charge >= 0.3 is 0 Å². The van der Waals surface area contributed by atoms with E-state index in [1.165, 1.54) is 0 Å². The van der Waals surface area contributed by atoms with Crippen LogP contribution < -0.4 is 14.8 Å². The molecule has 6 heteroatoms. The van der Waals surface area contributed by atoms with Gasteiger partial charge in [-0.25, -0.2) is 0 Å². The Morgan fingerprint density at radius 3 is 2.58 bits per heavy atom. The summed E-state index contributed by atoms with van der Waals surface area (Å²) in [5, 5.41) is 3.01. The zero-order valence-corrected chi connectivity index (χ0v) is 16.9. The van der Waals surface area contributed by atoms with Crippen LogP contribution in [0.25, 0.3) is 0 Å². The largest absolute Gasteiger partial charge is 0.454 e. The van der Waals surface area contributed by atoms with E-state index in [0.717, 1.165) is 22.3 Å². The van der Waals surface area contributed by atoms with E-state index in [-0.39, 0.29) is 18.6 Å². The normalized spacial score (nSPS) is 16.7. The van der Waals surface area contributed by atoms with Crippen LogP contribution in [0, 0.1) is 0 Å². The topological polar surface area (TPSA) is 67.9 Å². The van der Waals surface area contributed by atoms with Crippen LogP contribution in [-0.4, -0.2) is 23.5 Å². The molecule has 2 aliphatic rings. The van der Waals surface area contributed by atoms with Gasteiger partial charge < -0.3 is 19.7 Å². The molecule has 0 radical (unpaired) electrons. The summed E-state index contributed by atoms with van der Waals surface area (Å²) >= 11 is 0. The van der Waals surface area contributed by atoms with E-state index >= 15 is 0 Å². The molecule has 1 unspecified atom stereocenters. The highest BCUT2D eigenvalue weighted by Gasteiger charge is 2.36. The zero-order valence-electron chi connectivity index (χ0n) is 16.9. The van der Waals surface area contributed by atoms with Crippen molar-refractivity contribution in [1.82, 2.24) is 10.2 Å². The molecule has 0 saturated carbocycles. The van der Waals surface area contributed by atoms with E-state index in [2.05, 4.69) is 5.32 Å². The first-order chi connectivity index (χ1) is 15.2. The van der Waals surface area contributed by atoms with E-state index in [1.54, 1.807) is 4.90 Å². The second kappa shape index (κ2) is 8.14. The van der Waals surface area contributed by atoms with Crippen LogP contribution in [-0.2, 0) is 29.1 Å². The van der Waals surface area contributed by atoms with E-state index in [4.69, 9.17) is 9.47 Å². The van der Waals surface area contributed by atoms with Gasteiger partial charge in [-0.1, -0.05) is 60.7 Å². The van der Waals surface area contributed by atoms with E-state index < -0.39 is 6.04 Å². The van der Waals surface area contributed by atoms with Crippen LogP contribution in [0.3, 0.4) is 0 Å². The van der Waals surface area contributed by atoms with Crippen molar-refractivity contribution in [3.63, 3.8) is 0 Å².